The minimum atomic E-state index is -3.09. The molecule has 0 radical (unpaired) electrons. The van der Waals surface area contributed by atoms with Gasteiger partial charge in [-0.3, -0.25) is 9.59 Å². The van der Waals surface area contributed by atoms with Crippen molar-refractivity contribution in [2.24, 2.45) is 0 Å². The first-order valence-corrected chi connectivity index (χ1v) is 12.5. The van der Waals surface area contributed by atoms with Gasteiger partial charge in [0.15, 0.2) is 16.4 Å². The number of fused-ring (bicyclic) bond motifs is 1. The van der Waals surface area contributed by atoms with Crippen molar-refractivity contribution in [2.75, 3.05) is 24.7 Å². The van der Waals surface area contributed by atoms with Gasteiger partial charge in [0.2, 0.25) is 11.2 Å². The fourth-order valence-electron chi connectivity index (χ4n) is 3.97. The number of aryl methyl sites for hydroxylation is 1. The van der Waals surface area contributed by atoms with Gasteiger partial charge in [-0.05, 0) is 44.5 Å². The lowest BCUT2D eigenvalue weighted by atomic mass is 10.2. The number of ether oxygens (including phenoxy) is 2. The molecule has 1 aromatic heterocycles. The number of hydrogen-bond donors (Lipinski definition) is 0. The van der Waals surface area contributed by atoms with E-state index in [-0.39, 0.29) is 41.2 Å². The Morgan fingerprint density at radius 3 is 2.58 bits per heavy atom. The number of sulfone groups is 1. The lowest BCUT2D eigenvalue weighted by Gasteiger charge is -2.26. The van der Waals surface area contributed by atoms with Gasteiger partial charge in [-0.25, -0.2) is 8.42 Å². The fourth-order valence-corrected chi connectivity index (χ4v) is 5.70. The van der Waals surface area contributed by atoms with Crippen molar-refractivity contribution >= 4 is 26.7 Å². The number of likely N-dealkylation sites (N-methyl/N-ethyl adjacent to an activating group) is 1. The Morgan fingerprint density at radius 1 is 1.15 bits per heavy atom. The molecule has 3 aromatic rings. The van der Waals surface area contributed by atoms with Crippen molar-refractivity contribution in [1.82, 2.24) is 4.90 Å². The SMILES string of the molecule is CCN(C(=O)COc1ccc2c(=O)c(Oc3ccccc3)c(C)oc2c1)[C@@H]1CCS(=O)(=O)C1. The maximum absolute atomic E-state index is 12.9. The van der Waals surface area contributed by atoms with E-state index in [9.17, 15) is 18.0 Å². The van der Waals surface area contributed by atoms with Crippen LogP contribution in [0.2, 0.25) is 0 Å². The van der Waals surface area contributed by atoms with Gasteiger partial charge in [0, 0.05) is 18.7 Å². The van der Waals surface area contributed by atoms with Crippen molar-refractivity contribution in [3.8, 4) is 17.2 Å². The van der Waals surface area contributed by atoms with Gasteiger partial charge in [-0.2, -0.15) is 0 Å². The molecule has 0 saturated carbocycles. The number of amides is 1. The molecule has 1 aliphatic rings. The molecule has 9 heteroatoms. The summed E-state index contributed by atoms with van der Waals surface area (Å²) in [6.45, 7) is 3.61. The number of nitrogens with zero attached hydrogens (tertiary/aromatic N) is 1. The van der Waals surface area contributed by atoms with E-state index in [0.717, 1.165) is 0 Å². The zero-order chi connectivity index (χ0) is 23.6. The van der Waals surface area contributed by atoms with Crippen LogP contribution in [0.5, 0.6) is 17.2 Å². The van der Waals surface area contributed by atoms with Crippen molar-refractivity contribution in [1.29, 1.82) is 0 Å². The summed E-state index contributed by atoms with van der Waals surface area (Å²) >= 11 is 0. The van der Waals surface area contributed by atoms with Crippen molar-refractivity contribution in [3.63, 3.8) is 0 Å². The van der Waals surface area contributed by atoms with Crippen LogP contribution in [0.1, 0.15) is 19.1 Å². The quantitative estimate of drug-likeness (QED) is 0.521. The van der Waals surface area contributed by atoms with E-state index in [2.05, 4.69) is 0 Å². The highest BCUT2D eigenvalue weighted by Gasteiger charge is 2.34. The largest absolute Gasteiger partial charge is 0.484 e. The number of rotatable bonds is 7. The monoisotopic (exact) mass is 471 g/mol. The number of hydrogen-bond acceptors (Lipinski definition) is 7. The lowest BCUT2D eigenvalue weighted by molar-refractivity contribution is -0.135. The molecule has 2 aromatic carbocycles. The van der Waals surface area contributed by atoms with E-state index >= 15 is 0 Å². The molecule has 1 saturated heterocycles. The maximum atomic E-state index is 12.9. The molecule has 0 N–H and O–H groups in total. The van der Waals surface area contributed by atoms with Gasteiger partial charge in [0.25, 0.3) is 5.91 Å². The molecule has 0 unspecified atom stereocenters. The van der Waals surface area contributed by atoms with Crippen LogP contribution in [-0.4, -0.2) is 49.9 Å². The molecule has 1 aliphatic heterocycles. The van der Waals surface area contributed by atoms with E-state index in [1.807, 2.05) is 25.1 Å². The summed E-state index contributed by atoms with van der Waals surface area (Å²) in [5, 5.41) is 0.330. The van der Waals surface area contributed by atoms with E-state index in [1.54, 1.807) is 42.2 Å². The normalized spacial score (nSPS) is 17.1. The molecule has 4 rings (SSSR count). The molecule has 8 nitrogen and oxygen atoms in total. The van der Waals surface area contributed by atoms with E-state index in [4.69, 9.17) is 13.9 Å². The molecule has 2 heterocycles. The minimum absolute atomic E-state index is 0.0135. The molecule has 0 aliphatic carbocycles. The van der Waals surface area contributed by atoms with Crippen LogP contribution < -0.4 is 14.9 Å². The topological polar surface area (TPSA) is 103 Å². The number of para-hydroxylation sites is 1. The summed E-state index contributed by atoms with van der Waals surface area (Å²) in [6, 6.07) is 13.4. The molecular weight excluding hydrogens is 446 g/mol. The van der Waals surface area contributed by atoms with Crippen LogP contribution in [0.25, 0.3) is 11.0 Å². The zero-order valence-electron chi connectivity index (χ0n) is 18.4. The molecule has 1 amide bonds. The van der Waals surface area contributed by atoms with Gasteiger partial charge >= 0.3 is 0 Å². The summed E-state index contributed by atoms with van der Waals surface area (Å²) in [6.07, 6.45) is 0.440. The van der Waals surface area contributed by atoms with Crippen LogP contribution in [0.15, 0.2) is 57.7 Å². The second kappa shape index (κ2) is 9.27. The Bertz CT molecular complexity index is 1330. The second-order valence-corrected chi connectivity index (χ2v) is 10.1. The Balaban J connectivity index is 1.49. The smallest absolute Gasteiger partial charge is 0.260 e. The standard InChI is InChI=1S/C24H25NO7S/c1-3-25(17-11-12-33(28,29)15-17)22(26)14-30-19-9-10-20-21(13-19)31-16(2)24(23(20)27)32-18-7-5-4-6-8-18/h4-10,13,17H,3,11-12,14-15H2,1-2H3/t17-/m1/s1. The summed E-state index contributed by atoms with van der Waals surface area (Å²) in [7, 11) is -3.09. The first-order valence-electron chi connectivity index (χ1n) is 10.7. The van der Waals surface area contributed by atoms with Crippen LogP contribution in [0.4, 0.5) is 0 Å². The maximum Gasteiger partial charge on any atom is 0.260 e. The number of benzene rings is 2. The first-order chi connectivity index (χ1) is 15.8. The predicted molar refractivity (Wildman–Crippen MR) is 124 cm³/mol. The molecule has 1 fully saturated rings. The van der Waals surface area contributed by atoms with Gasteiger partial charge in [0.05, 0.1) is 16.9 Å². The number of carbonyl (C=O) groups excluding carboxylic acids is 1. The molecule has 0 bridgehead atoms. The summed E-state index contributed by atoms with van der Waals surface area (Å²) in [5.41, 5.74) is 0.0110. The van der Waals surface area contributed by atoms with Crippen molar-refractivity contribution in [2.45, 2.75) is 26.3 Å². The Morgan fingerprint density at radius 2 is 1.91 bits per heavy atom. The van der Waals surface area contributed by atoms with E-state index in [0.29, 0.717) is 41.2 Å². The van der Waals surface area contributed by atoms with Crippen molar-refractivity contribution < 1.29 is 27.1 Å². The highest BCUT2D eigenvalue weighted by Crippen LogP contribution is 2.27. The average Bonchev–Trinajstić information content (AvgIpc) is 3.15. The van der Waals surface area contributed by atoms with Crippen LogP contribution in [0, 0.1) is 6.92 Å². The number of carbonyl (C=O) groups is 1. The minimum Gasteiger partial charge on any atom is -0.484 e. The third kappa shape index (κ3) is 5.03. The van der Waals surface area contributed by atoms with Crippen LogP contribution >= 0.6 is 0 Å². The van der Waals surface area contributed by atoms with Gasteiger partial charge in [-0.1, -0.05) is 18.2 Å². The first kappa shape index (κ1) is 22.8. The van der Waals surface area contributed by atoms with Gasteiger partial charge < -0.3 is 18.8 Å². The van der Waals surface area contributed by atoms with Gasteiger partial charge in [0.1, 0.15) is 22.8 Å². The van der Waals surface area contributed by atoms with Gasteiger partial charge in [-0.15, -0.1) is 0 Å². The molecule has 0 spiro atoms. The molecule has 1 atom stereocenters. The Hall–Kier alpha value is -3.33. The van der Waals surface area contributed by atoms with E-state index < -0.39 is 9.84 Å². The lowest BCUT2D eigenvalue weighted by Crippen LogP contribution is -2.43. The van der Waals surface area contributed by atoms with Crippen molar-refractivity contribution in [3.05, 3.63) is 64.5 Å². The average molecular weight is 472 g/mol. The zero-order valence-corrected chi connectivity index (χ0v) is 19.3. The van der Waals surface area contributed by atoms with Crippen LogP contribution in [0.3, 0.4) is 0 Å². The fraction of sp³-hybridized carbons (Fsp3) is 0.333. The Labute approximate surface area is 191 Å². The highest BCUT2D eigenvalue weighted by atomic mass is 32.2. The molecule has 174 valence electrons. The second-order valence-electron chi connectivity index (χ2n) is 7.91. The molecular formula is C24H25NO7S. The summed E-state index contributed by atoms with van der Waals surface area (Å²) < 4.78 is 40.7. The predicted octanol–water partition coefficient (Wildman–Crippen LogP) is 3.31. The Kier molecular flexibility index (Phi) is 6.42. The summed E-state index contributed by atoms with van der Waals surface area (Å²) in [5.74, 6) is 1.13. The van der Waals surface area contributed by atoms with E-state index in [1.165, 1.54) is 0 Å². The van der Waals surface area contributed by atoms with Crippen LogP contribution in [-0.2, 0) is 14.6 Å². The third-order valence-electron chi connectivity index (χ3n) is 5.62. The third-order valence-corrected chi connectivity index (χ3v) is 7.37. The molecule has 33 heavy (non-hydrogen) atoms. The highest BCUT2D eigenvalue weighted by molar-refractivity contribution is 7.91. The summed E-state index contributed by atoms with van der Waals surface area (Å²) in [4.78, 5) is 27.1.